The van der Waals surface area contributed by atoms with Crippen molar-refractivity contribution in [2.24, 2.45) is 0 Å². The number of nitrogens with one attached hydrogen (secondary N) is 1. The summed E-state index contributed by atoms with van der Waals surface area (Å²) >= 11 is 0. The van der Waals surface area contributed by atoms with Crippen molar-refractivity contribution >= 4 is 11.6 Å². The zero-order valence-corrected chi connectivity index (χ0v) is 10.7. The average Bonchev–Trinajstić information content (AvgIpc) is 2.79. The Labute approximate surface area is 111 Å². The number of rotatable bonds is 4. The molecule has 19 heavy (non-hydrogen) atoms. The van der Waals surface area contributed by atoms with E-state index in [0.29, 0.717) is 23.5 Å². The van der Waals surface area contributed by atoms with Crippen LogP contribution in [-0.2, 0) is 13.1 Å². The van der Waals surface area contributed by atoms with Gasteiger partial charge in [0.2, 0.25) is 0 Å². The van der Waals surface area contributed by atoms with Crippen LogP contribution < -0.4 is 11.1 Å². The van der Waals surface area contributed by atoms with Crippen molar-refractivity contribution in [3.63, 3.8) is 0 Å². The molecule has 0 aliphatic heterocycles. The van der Waals surface area contributed by atoms with Crippen molar-refractivity contribution in [2.45, 2.75) is 20.0 Å². The minimum atomic E-state index is -0.326. The molecular formula is C14H16FN3O. The molecule has 1 heterocycles. The largest absolute Gasteiger partial charge is 0.397 e. The molecule has 4 nitrogen and oxygen atoms in total. The van der Waals surface area contributed by atoms with Gasteiger partial charge in [-0.1, -0.05) is 18.2 Å². The number of amides is 1. The number of benzene rings is 1. The number of hydrogen-bond acceptors (Lipinski definition) is 2. The zero-order valence-electron chi connectivity index (χ0n) is 10.7. The number of hydrogen-bond donors (Lipinski definition) is 2. The number of nitrogens with two attached hydrogens (primary N) is 1. The molecule has 1 aromatic heterocycles. The summed E-state index contributed by atoms with van der Waals surface area (Å²) in [5.41, 5.74) is 7.14. The van der Waals surface area contributed by atoms with Crippen molar-refractivity contribution in [1.82, 2.24) is 9.88 Å². The van der Waals surface area contributed by atoms with E-state index in [-0.39, 0.29) is 18.3 Å². The van der Waals surface area contributed by atoms with E-state index in [1.165, 1.54) is 6.07 Å². The van der Waals surface area contributed by atoms with Gasteiger partial charge in [-0.2, -0.15) is 0 Å². The summed E-state index contributed by atoms with van der Waals surface area (Å²) in [6.45, 7) is 2.73. The smallest absolute Gasteiger partial charge is 0.268 e. The summed E-state index contributed by atoms with van der Waals surface area (Å²) in [5, 5.41) is 2.69. The van der Waals surface area contributed by atoms with Crippen molar-refractivity contribution in [3.8, 4) is 0 Å². The maximum Gasteiger partial charge on any atom is 0.268 e. The SMILES string of the molecule is CCn1cc(N)cc1C(=O)NCc1ccccc1F. The number of nitrogen functional groups attached to an aromatic ring is 1. The van der Waals surface area contributed by atoms with Crippen LogP contribution in [0.4, 0.5) is 10.1 Å². The summed E-state index contributed by atoms with van der Waals surface area (Å²) in [4.78, 5) is 12.0. The van der Waals surface area contributed by atoms with E-state index in [1.807, 2.05) is 6.92 Å². The molecule has 0 aliphatic carbocycles. The number of carbonyl (C=O) groups excluding carboxylic acids is 1. The molecule has 1 amide bonds. The summed E-state index contributed by atoms with van der Waals surface area (Å²) in [6, 6.07) is 7.97. The highest BCUT2D eigenvalue weighted by Crippen LogP contribution is 2.11. The minimum Gasteiger partial charge on any atom is -0.397 e. The van der Waals surface area contributed by atoms with E-state index < -0.39 is 0 Å². The van der Waals surface area contributed by atoms with Crippen molar-refractivity contribution in [1.29, 1.82) is 0 Å². The molecule has 0 fully saturated rings. The van der Waals surface area contributed by atoms with Crippen LogP contribution in [-0.4, -0.2) is 10.5 Å². The number of carbonyl (C=O) groups is 1. The fourth-order valence-corrected chi connectivity index (χ4v) is 1.89. The Bertz CT molecular complexity index is 592. The maximum absolute atomic E-state index is 13.4. The molecule has 2 rings (SSSR count). The second-order valence-electron chi connectivity index (χ2n) is 4.22. The molecule has 2 aromatic rings. The highest BCUT2D eigenvalue weighted by molar-refractivity contribution is 5.93. The fraction of sp³-hybridized carbons (Fsp3) is 0.214. The fourth-order valence-electron chi connectivity index (χ4n) is 1.89. The van der Waals surface area contributed by atoms with Crippen molar-refractivity contribution < 1.29 is 9.18 Å². The third-order valence-corrected chi connectivity index (χ3v) is 2.89. The van der Waals surface area contributed by atoms with Gasteiger partial charge in [0.1, 0.15) is 11.5 Å². The van der Waals surface area contributed by atoms with Crippen LogP contribution in [0, 0.1) is 5.82 Å². The molecule has 1 aromatic carbocycles. The molecule has 0 atom stereocenters. The molecular weight excluding hydrogens is 245 g/mol. The third kappa shape index (κ3) is 2.93. The van der Waals surface area contributed by atoms with Crippen LogP contribution >= 0.6 is 0 Å². The first kappa shape index (κ1) is 13.1. The molecule has 100 valence electrons. The van der Waals surface area contributed by atoms with Gasteiger partial charge in [0, 0.05) is 24.8 Å². The van der Waals surface area contributed by atoms with Crippen LogP contribution in [0.5, 0.6) is 0 Å². The normalized spacial score (nSPS) is 10.4. The van der Waals surface area contributed by atoms with Crippen LogP contribution in [0.25, 0.3) is 0 Å². The Kier molecular flexibility index (Phi) is 3.85. The van der Waals surface area contributed by atoms with E-state index in [0.717, 1.165) is 0 Å². The highest BCUT2D eigenvalue weighted by atomic mass is 19.1. The van der Waals surface area contributed by atoms with Crippen molar-refractivity contribution in [3.05, 3.63) is 53.6 Å². The Balaban J connectivity index is 2.07. The zero-order chi connectivity index (χ0) is 13.8. The summed E-state index contributed by atoms with van der Waals surface area (Å²) in [6.07, 6.45) is 1.71. The number of halogens is 1. The van der Waals surface area contributed by atoms with Gasteiger partial charge in [0.25, 0.3) is 5.91 Å². The lowest BCUT2D eigenvalue weighted by Crippen LogP contribution is -2.25. The van der Waals surface area contributed by atoms with Gasteiger partial charge in [-0.25, -0.2) is 4.39 Å². The summed E-state index contributed by atoms with van der Waals surface area (Å²) in [5.74, 6) is -0.588. The molecule has 5 heteroatoms. The molecule has 0 radical (unpaired) electrons. The van der Waals surface area contributed by atoms with E-state index in [4.69, 9.17) is 5.73 Å². The number of aromatic nitrogens is 1. The standard InChI is InChI=1S/C14H16FN3O/c1-2-18-9-11(16)7-13(18)14(19)17-8-10-5-3-4-6-12(10)15/h3-7,9H,2,8,16H2,1H3,(H,17,19). The van der Waals surface area contributed by atoms with Gasteiger partial charge in [-0.3, -0.25) is 4.79 Å². The van der Waals surface area contributed by atoms with Crippen LogP contribution in [0.15, 0.2) is 36.5 Å². The number of aryl methyl sites for hydroxylation is 1. The highest BCUT2D eigenvalue weighted by Gasteiger charge is 2.12. The quantitative estimate of drug-likeness (QED) is 0.886. The maximum atomic E-state index is 13.4. The molecule has 0 bridgehead atoms. The minimum absolute atomic E-state index is 0.153. The Morgan fingerprint density at radius 2 is 2.16 bits per heavy atom. The first-order valence-electron chi connectivity index (χ1n) is 6.09. The molecule has 0 saturated carbocycles. The van der Waals surface area contributed by atoms with Gasteiger partial charge in [0.05, 0.1) is 5.69 Å². The molecule has 0 saturated heterocycles. The van der Waals surface area contributed by atoms with Crippen LogP contribution in [0.1, 0.15) is 23.0 Å². The molecule has 3 N–H and O–H groups in total. The van der Waals surface area contributed by atoms with E-state index in [2.05, 4.69) is 5.32 Å². The summed E-state index contributed by atoms with van der Waals surface area (Å²) in [7, 11) is 0. The monoisotopic (exact) mass is 261 g/mol. The van der Waals surface area contributed by atoms with Crippen LogP contribution in [0.3, 0.4) is 0 Å². The Hall–Kier alpha value is -2.30. The van der Waals surface area contributed by atoms with E-state index >= 15 is 0 Å². The predicted molar refractivity (Wildman–Crippen MR) is 72.1 cm³/mol. The molecule has 0 unspecified atom stereocenters. The number of nitrogens with zero attached hydrogens (tertiary/aromatic N) is 1. The predicted octanol–water partition coefficient (Wildman–Crippen LogP) is 2.16. The molecule has 0 aliphatic rings. The van der Waals surface area contributed by atoms with E-state index in [1.54, 1.807) is 35.0 Å². The van der Waals surface area contributed by atoms with Gasteiger partial charge >= 0.3 is 0 Å². The second kappa shape index (κ2) is 5.56. The van der Waals surface area contributed by atoms with Crippen LogP contribution in [0.2, 0.25) is 0 Å². The number of anilines is 1. The lowest BCUT2D eigenvalue weighted by Gasteiger charge is -2.08. The first-order valence-corrected chi connectivity index (χ1v) is 6.09. The third-order valence-electron chi connectivity index (χ3n) is 2.89. The van der Waals surface area contributed by atoms with Gasteiger partial charge < -0.3 is 15.6 Å². The summed E-state index contributed by atoms with van der Waals surface area (Å²) < 4.78 is 15.2. The van der Waals surface area contributed by atoms with Gasteiger partial charge in [-0.15, -0.1) is 0 Å². The Morgan fingerprint density at radius 3 is 2.84 bits per heavy atom. The lowest BCUT2D eigenvalue weighted by atomic mass is 10.2. The lowest BCUT2D eigenvalue weighted by molar-refractivity contribution is 0.0941. The molecule has 0 spiro atoms. The Morgan fingerprint density at radius 1 is 1.42 bits per heavy atom. The van der Waals surface area contributed by atoms with Gasteiger partial charge in [0.15, 0.2) is 0 Å². The van der Waals surface area contributed by atoms with E-state index in [9.17, 15) is 9.18 Å². The van der Waals surface area contributed by atoms with Crippen molar-refractivity contribution in [2.75, 3.05) is 5.73 Å². The van der Waals surface area contributed by atoms with Gasteiger partial charge in [-0.05, 0) is 19.1 Å². The average molecular weight is 261 g/mol. The first-order chi connectivity index (χ1) is 9.11. The topological polar surface area (TPSA) is 60.0 Å². The second-order valence-corrected chi connectivity index (χ2v) is 4.22.